The number of allylic oxidation sites excluding steroid dienone is 2. The predicted octanol–water partition coefficient (Wildman–Crippen LogP) is 3.09. The first-order valence-electron chi connectivity index (χ1n) is 11.8. The molecular weight excluding hydrogens is 424 g/mol. The van der Waals surface area contributed by atoms with Crippen LogP contribution in [0.3, 0.4) is 0 Å². The van der Waals surface area contributed by atoms with Crippen LogP contribution in [0.25, 0.3) is 5.70 Å². The summed E-state index contributed by atoms with van der Waals surface area (Å²) < 4.78 is 0. The number of halogens is 1. The fraction of sp³-hybridized carbons (Fsp3) is 0.583. The maximum atomic E-state index is 11.7. The van der Waals surface area contributed by atoms with Gasteiger partial charge in [0.05, 0.1) is 11.2 Å². The van der Waals surface area contributed by atoms with Crippen LogP contribution in [-0.2, 0) is 4.79 Å². The van der Waals surface area contributed by atoms with E-state index in [1.807, 2.05) is 17.0 Å². The van der Waals surface area contributed by atoms with Crippen molar-refractivity contribution < 1.29 is 4.79 Å². The normalized spacial score (nSPS) is 28.1. The molecule has 174 valence electrons. The van der Waals surface area contributed by atoms with Gasteiger partial charge in [-0.3, -0.25) is 10.1 Å². The first kappa shape index (κ1) is 23.1. The number of nitrogens with zero attached hydrogens (tertiary/aromatic N) is 2. The van der Waals surface area contributed by atoms with Gasteiger partial charge in [-0.05, 0) is 62.7 Å². The number of carbonyl (C=O) groups excluding carboxylic acids is 1. The fourth-order valence-electron chi connectivity index (χ4n) is 4.82. The molecule has 4 rings (SSSR count). The standard InChI is InChI=1S/C24H35ClN6O/c1-16(32)31-11-3-4-17(15-31)13-27-23-6-2-5-22(30-23)20-12-24(28-14-21(20)25)29-19-9-7-18(26)8-10-19/h2,5-6,12,14,17-19,23,27,30H,3-4,7-11,13,15,26H2,1H3,(H,28,29)/t17-,18?,19?,23?/m1/s1. The van der Waals surface area contributed by atoms with Gasteiger partial charge in [0.25, 0.3) is 0 Å². The van der Waals surface area contributed by atoms with E-state index in [1.54, 1.807) is 13.1 Å². The number of amides is 1. The Kier molecular flexibility index (Phi) is 7.71. The Morgan fingerprint density at radius 2 is 2.12 bits per heavy atom. The minimum Gasteiger partial charge on any atom is -0.367 e. The summed E-state index contributed by atoms with van der Waals surface area (Å²) in [6.45, 7) is 4.23. The number of nitrogens with two attached hydrogens (primary N) is 1. The van der Waals surface area contributed by atoms with Crippen LogP contribution in [0.15, 0.2) is 30.5 Å². The van der Waals surface area contributed by atoms with E-state index in [0.717, 1.165) is 75.2 Å². The van der Waals surface area contributed by atoms with E-state index in [-0.39, 0.29) is 12.1 Å². The number of rotatable bonds is 6. The number of hydrogen-bond donors (Lipinski definition) is 4. The molecule has 1 saturated heterocycles. The summed E-state index contributed by atoms with van der Waals surface area (Å²) in [5, 5.41) is 11.3. The molecule has 1 unspecified atom stereocenters. The van der Waals surface area contributed by atoms with Gasteiger partial charge in [-0.15, -0.1) is 0 Å². The zero-order valence-electron chi connectivity index (χ0n) is 18.8. The van der Waals surface area contributed by atoms with Crippen molar-refractivity contribution in [2.24, 2.45) is 11.7 Å². The average Bonchev–Trinajstić information content (AvgIpc) is 2.81. The molecule has 1 aromatic rings. The molecule has 0 bridgehead atoms. The first-order valence-corrected chi connectivity index (χ1v) is 12.2. The van der Waals surface area contributed by atoms with Crippen LogP contribution in [0.2, 0.25) is 5.02 Å². The summed E-state index contributed by atoms with van der Waals surface area (Å²) in [7, 11) is 0. The number of likely N-dealkylation sites (tertiary alicyclic amines) is 1. The summed E-state index contributed by atoms with van der Waals surface area (Å²) in [4.78, 5) is 18.1. The van der Waals surface area contributed by atoms with Gasteiger partial charge in [0, 0.05) is 56.1 Å². The highest BCUT2D eigenvalue weighted by molar-refractivity contribution is 6.32. The molecule has 0 aromatic carbocycles. The minimum absolute atomic E-state index is 0.0168. The first-order chi connectivity index (χ1) is 15.5. The van der Waals surface area contributed by atoms with Crippen molar-refractivity contribution in [2.45, 2.75) is 63.7 Å². The van der Waals surface area contributed by atoms with Crippen LogP contribution in [0.5, 0.6) is 0 Å². The third-order valence-electron chi connectivity index (χ3n) is 6.74. The van der Waals surface area contributed by atoms with Crippen LogP contribution in [0.1, 0.15) is 51.0 Å². The molecule has 8 heteroatoms. The molecule has 2 atom stereocenters. The third kappa shape index (κ3) is 6.03. The van der Waals surface area contributed by atoms with Crippen molar-refractivity contribution in [2.75, 3.05) is 25.0 Å². The summed E-state index contributed by atoms with van der Waals surface area (Å²) in [6.07, 6.45) is 14.4. The van der Waals surface area contributed by atoms with Gasteiger partial charge in [0.1, 0.15) is 5.82 Å². The number of hydrogen-bond acceptors (Lipinski definition) is 6. The molecule has 1 aromatic heterocycles. The highest BCUT2D eigenvalue weighted by Crippen LogP contribution is 2.27. The number of dihydropyridines is 1. The van der Waals surface area contributed by atoms with Crippen molar-refractivity contribution in [3.8, 4) is 0 Å². The summed E-state index contributed by atoms with van der Waals surface area (Å²) in [6, 6.07) is 2.76. The second-order valence-corrected chi connectivity index (χ2v) is 9.68. The Morgan fingerprint density at radius 3 is 2.91 bits per heavy atom. The van der Waals surface area contributed by atoms with Gasteiger partial charge in [0.2, 0.25) is 5.91 Å². The lowest BCUT2D eigenvalue weighted by molar-refractivity contribution is -0.130. The molecule has 1 aliphatic carbocycles. The Hall–Kier alpha value is -2.09. The maximum absolute atomic E-state index is 11.7. The van der Waals surface area contributed by atoms with Crippen molar-refractivity contribution in [3.63, 3.8) is 0 Å². The van der Waals surface area contributed by atoms with E-state index >= 15 is 0 Å². The molecule has 7 nitrogen and oxygen atoms in total. The van der Waals surface area contributed by atoms with E-state index in [9.17, 15) is 4.79 Å². The SMILES string of the molecule is CC(=O)N1CCC[C@H](CNC2C=CC=C(c3cc(NC4CCC(N)CC4)ncc3Cl)N2)C1. The van der Waals surface area contributed by atoms with Crippen LogP contribution in [0, 0.1) is 5.92 Å². The second-order valence-electron chi connectivity index (χ2n) is 9.27. The largest absolute Gasteiger partial charge is 0.367 e. The number of piperidine rings is 1. The van der Waals surface area contributed by atoms with Crippen molar-refractivity contribution >= 4 is 29.0 Å². The maximum Gasteiger partial charge on any atom is 0.219 e. The second kappa shape index (κ2) is 10.7. The molecule has 3 aliphatic rings. The molecule has 5 N–H and O–H groups in total. The molecule has 1 saturated carbocycles. The van der Waals surface area contributed by atoms with Gasteiger partial charge in [-0.25, -0.2) is 4.98 Å². The highest BCUT2D eigenvalue weighted by atomic mass is 35.5. The Labute approximate surface area is 195 Å². The third-order valence-corrected chi connectivity index (χ3v) is 7.04. The zero-order valence-corrected chi connectivity index (χ0v) is 19.6. The lowest BCUT2D eigenvalue weighted by Crippen LogP contribution is -2.47. The number of aromatic nitrogens is 1. The number of anilines is 1. The Balaban J connectivity index is 1.34. The molecule has 1 amide bonds. The quantitative estimate of drug-likeness (QED) is 0.523. The highest BCUT2D eigenvalue weighted by Gasteiger charge is 2.23. The monoisotopic (exact) mass is 458 g/mol. The van der Waals surface area contributed by atoms with Crippen LogP contribution in [0.4, 0.5) is 5.82 Å². The molecule has 2 aliphatic heterocycles. The van der Waals surface area contributed by atoms with Gasteiger partial charge in [-0.2, -0.15) is 0 Å². The van der Waals surface area contributed by atoms with Crippen LogP contribution in [-0.4, -0.2) is 53.7 Å². The van der Waals surface area contributed by atoms with Crippen LogP contribution >= 0.6 is 11.6 Å². The van der Waals surface area contributed by atoms with E-state index in [2.05, 4.69) is 33.1 Å². The number of nitrogens with one attached hydrogen (secondary N) is 3. The minimum atomic E-state index is 0.0168. The number of pyridine rings is 1. The summed E-state index contributed by atoms with van der Waals surface area (Å²) in [5.74, 6) is 1.49. The van der Waals surface area contributed by atoms with Gasteiger partial charge in [0.15, 0.2) is 0 Å². The van der Waals surface area contributed by atoms with E-state index < -0.39 is 0 Å². The molecule has 0 radical (unpaired) electrons. The van der Waals surface area contributed by atoms with Gasteiger partial charge >= 0.3 is 0 Å². The van der Waals surface area contributed by atoms with Crippen molar-refractivity contribution in [1.29, 1.82) is 0 Å². The Morgan fingerprint density at radius 1 is 1.31 bits per heavy atom. The van der Waals surface area contributed by atoms with Crippen molar-refractivity contribution in [3.05, 3.63) is 41.1 Å². The fourth-order valence-corrected chi connectivity index (χ4v) is 5.03. The topological polar surface area (TPSA) is 95.3 Å². The van der Waals surface area contributed by atoms with Gasteiger partial charge in [-0.1, -0.05) is 17.7 Å². The summed E-state index contributed by atoms with van der Waals surface area (Å²) >= 11 is 6.51. The van der Waals surface area contributed by atoms with E-state index in [1.165, 1.54) is 0 Å². The zero-order chi connectivity index (χ0) is 22.5. The lowest BCUT2D eigenvalue weighted by Gasteiger charge is -2.33. The molecule has 2 fully saturated rings. The smallest absolute Gasteiger partial charge is 0.219 e. The predicted molar refractivity (Wildman–Crippen MR) is 130 cm³/mol. The molecule has 32 heavy (non-hydrogen) atoms. The Bertz CT molecular complexity index is 864. The molecule has 0 spiro atoms. The van der Waals surface area contributed by atoms with E-state index in [4.69, 9.17) is 17.3 Å². The summed E-state index contributed by atoms with van der Waals surface area (Å²) in [5.41, 5.74) is 7.94. The average molecular weight is 459 g/mol. The number of carbonyl (C=O) groups is 1. The van der Waals surface area contributed by atoms with E-state index in [0.29, 0.717) is 23.0 Å². The molecule has 3 heterocycles. The van der Waals surface area contributed by atoms with Gasteiger partial charge < -0.3 is 21.3 Å². The van der Waals surface area contributed by atoms with Crippen molar-refractivity contribution in [1.82, 2.24) is 20.5 Å². The van der Waals surface area contributed by atoms with Crippen LogP contribution < -0.4 is 21.7 Å². The lowest BCUT2D eigenvalue weighted by atomic mass is 9.92. The molecular formula is C24H35ClN6O.